The summed E-state index contributed by atoms with van der Waals surface area (Å²) in [5, 5.41) is 0. The molecule has 1 heterocycles. The van der Waals surface area contributed by atoms with Gasteiger partial charge in [-0.2, -0.15) is 0 Å². The van der Waals surface area contributed by atoms with E-state index < -0.39 is 15.8 Å². The third kappa shape index (κ3) is 3.56. The number of aromatic nitrogens is 2. The average Bonchev–Trinajstić information content (AvgIpc) is 2.98. The van der Waals surface area contributed by atoms with Crippen LogP contribution < -0.4 is 0 Å². The molecule has 0 atom stereocenters. The molecule has 7 heteroatoms. The summed E-state index contributed by atoms with van der Waals surface area (Å²) in [7, 11) is -3.50. The summed E-state index contributed by atoms with van der Waals surface area (Å²) in [5.41, 5.74) is 2.57. The fourth-order valence-electron chi connectivity index (χ4n) is 2.69. The number of para-hydroxylation sites is 2. The number of hydrogen-bond acceptors (Lipinski definition) is 5. The van der Waals surface area contributed by atoms with Crippen molar-refractivity contribution in [3.63, 3.8) is 0 Å². The van der Waals surface area contributed by atoms with Crippen LogP contribution in [0.3, 0.4) is 0 Å². The van der Waals surface area contributed by atoms with Crippen LogP contribution >= 0.6 is 0 Å². The molecule has 2 aromatic carbocycles. The summed E-state index contributed by atoms with van der Waals surface area (Å²) in [4.78, 5) is 16.3. The van der Waals surface area contributed by atoms with Gasteiger partial charge < -0.3 is 9.30 Å². The predicted molar refractivity (Wildman–Crippen MR) is 94.3 cm³/mol. The van der Waals surface area contributed by atoms with Crippen molar-refractivity contribution in [2.45, 2.75) is 18.4 Å². The van der Waals surface area contributed by atoms with Crippen LogP contribution in [-0.2, 0) is 21.1 Å². The fraction of sp³-hybridized carbons (Fsp3) is 0.222. The second-order valence-corrected chi connectivity index (χ2v) is 7.66. The summed E-state index contributed by atoms with van der Waals surface area (Å²) >= 11 is 0. The third-order valence-electron chi connectivity index (χ3n) is 3.85. The minimum absolute atomic E-state index is 0.121. The zero-order valence-electron chi connectivity index (χ0n) is 14.0. The molecule has 3 rings (SSSR count). The molecule has 3 aromatic rings. The van der Waals surface area contributed by atoms with Gasteiger partial charge in [0, 0.05) is 6.26 Å². The second-order valence-electron chi connectivity index (χ2n) is 5.68. The van der Waals surface area contributed by atoms with E-state index in [9.17, 15) is 13.2 Å². The highest BCUT2D eigenvalue weighted by molar-refractivity contribution is 7.90. The molecule has 0 radical (unpaired) electrons. The van der Waals surface area contributed by atoms with E-state index in [2.05, 4.69) is 4.98 Å². The quantitative estimate of drug-likeness (QED) is 0.655. The Labute approximate surface area is 146 Å². The molecule has 0 saturated heterocycles. The lowest BCUT2D eigenvalue weighted by molar-refractivity contribution is 0.0526. The lowest BCUT2D eigenvalue weighted by atomic mass is 10.1. The Morgan fingerprint density at radius 3 is 2.68 bits per heavy atom. The van der Waals surface area contributed by atoms with Crippen molar-refractivity contribution >= 4 is 26.8 Å². The molecule has 130 valence electrons. The number of fused-ring (bicyclic) bond motifs is 1. The normalized spacial score (nSPS) is 11.6. The van der Waals surface area contributed by atoms with E-state index in [4.69, 9.17) is 4.74 Å². The molecule has 0 aliphatic carbocycles. The minimum atomic E-state index is -3.50. The Kier molecular flexibility index (Phi) is 4.59. The van der Waals surface area contributed by atoms with E-state index >= 15 is 0 Å². The predicted octanol–water partition coefficient (Wildman–Crippen LogP) is 2.66. The third-order valence-corrected chi connectivity index (χ3v) is 5.02. The maximum Gasteiger partial charge on any atom is 0.338 e. The maximum absolute atomic E-state index is 12.2. The Morgan fingerprint density at radius 1 is 1.20 bits per heavy atom. The summed E-state index contributed by atoms with van der Waals surface area (Å²) < 4.78 is 31.2. The number of carbonyl (C=O) groups is 1. The molecule has 0 amide bonds. The number of ether oxygens (including phenoxy) is 1. The van der Waals surface area contributed by atoms with Crippen molar-refractivity contribution in [3.8, 4) is 0 Å². The number of benzene rings is 2. The molecule has 0 aliphatic rings. The lowest BCUT2D eigenvalue weighted by Gasteiger charge is -2.11. The van der Waals surface area contributed by atoms with Gasteiger partial charge >= 0.3 is 5.97 Å². The molecule has 0 unspecified atom stereocenters. The first-order valence-corrected chi connectivity index (χ1v) is 9.69. The largest absolute Gasteiger partial charge is 0.462 e. The van der Waals surface area contributed by atoms with Gasteiger partial charge in [0.15, 0.2) is 9.84 Å². The summed E-state index contributed by atoms with van der Waals surface area (Å²) in [6, 6.07) is 12.2. The van der Waals surface area contributed by atoms with Crippen molar-refractivity contribution in [2.24, 2.45) is 0 Å². The highest BCUT2D eigenvalue weighted by Crippen LogP contribution is 2.22. The molecule has 1 aromatic heterocycles. The lowest BCUT2D eigenvalue weighted by Crippen LogP contribution is -2.10. The Balaban J connectivity index is 2.05. The van der Waals surface area contributed by atoms with Gasteiger partial charge in [-0.3, -0.25) is 0 Å². The summed E-state index contributed by atoms with van der Waals surface area (Å²) in [6.07, 6.45) is 2.81. The Bertz CT molecular complexity index is 1040. The van der Waals surface area contributed by atoms with Crippen molar-refractivity contribution < 1.29 is 17.9 Å². The number of nitrogens with zero attached hydrogens (tertiary/aromatic N) is 2. The van der Waals surface area contributed by atoms with Gasteiger partial charge in [-0.25, -0.2) is 18.2 Å². The number of hydrogen-bond donors (Lipinski definition) is 0. The maximum atomic E-state index is 12.2. The SMILES string of the molecule is CCOC(=O)c1ccc(Cn2cnc3ccccc32)c(S(C)(=O)=O)c1. The average molecular weight is 358 g/mol. The van der Waals surface area contributed by atoms with E-state index in [0.29, 0.717) is 12.1 Å². The van der Waals surface area contributed by atoms with E-state index in [1.165, 1.54) is 6.07 Å². The summed E-state index contributed by atoms with van der Waals surface area (Å²) in [6.45, 7) is 2.27. The Morgan fingerprint density at radius 2 is 1.96 bits per heavy atom. The molecule has 25 heavy (non-hydrogen) atoms. The molecular formula is C18H18N2O4S. The fourth-order valence-corrected chi connectivity index (χ4v) is 3.64. The van der Waals surface area contributed by atoms with Crippen LogP contribution in [0.25, 0.3) is 11.0 Å². The van der Waals surface area contributed by atoms with Crippen molar-refractivity contribution in [1.82, 2.24) is 9.55 Å². The van der Waals surface area contributed by atoms with Crippen LogP contribution in [0, 0.1) is 0 Å². The monoisotopic (exact) mass is 358 g/mol. The number of carbonyl (C=O) groups excluding carboxylic acids is 1. The standard InChI is InChI=1S/C18H18N2O4S/c1-3-24-18(21)13-8-9-14(17(10-13)25(2,22)23)11-20-12-19-15-6-4-5-7-16(15)20/h4-10,12H,3,11H2,1-2H3. The van der Waals surface area contributed by atoms with Crippen LogP contribution in [0.4, 0.5) is 0 Å². The van der Waals surface area contributed by atoms with Crippen molar-refractivity contribution in [1.29, 1.82) is 0 Å². The van der Waals surface area contributed by atoms with Crippen LogP contribution in [0.5, 0.6) is 0 Å². The smallest absolute Gasteiger partial charge is 0.338 e. The number of esters is 1. The van der Waals surface area contributed by atoms with Gasteiger partial charge in [0.2, 0.25) is 0 Å². The summed E-state index contributed by atoms with van der Waals surface area (Å²) in [5.74, 6) is -0.535. The van der Waals surface area contributed by atoms with Crippen LogP contribution in [0.1, 0.15) is 22.8 Å². The number of imidazole rings is 1. The molecule has 0 aliphatic heterocycles. The van der Waals surface area contributed by atoms with Crippen LogP contribution in [0.2, 0.25) is 0 Å². The van der Waals surface area contributed by atoms with Gasteiger partial charge in [0.25, 0.3) is 0 Å². The van der Waals surface area contributed by atoms with Crippen molar-refractivity contribution in [2.75, 3.05) is 12.9 Å². The molecule has 6 nitrogen and oxygen atoms in total. The van der Waals surface area contributed by atoms with Gasteiger partial charge in [-0.1, -0.05) is 18.2 Å². The Hall–Kier alpha value is -2.67. The molecule has 0 saturated carbocycles. The molecule has 0 spiro atoms. The second kappa shape index (κ2) is 6.68. The van der Waals surface area contributed by atoms with E-state index in [1.807, 2.05) is 28.8 Å². The van der Waals surface area contributed by atoms with Crippen LogP contribution in [0.15, 0.2) is 53.7 Å². The van der Waals surface area contributed by atoms with Gasteiger partial charge in [0.1, 0.15) is 0 Å². The minimum Gasteiger partial charge on any atom is -0.462 e. The molecule has 0 fully saturated rings. The van der Waals surface area contributed by atoms with Crippen molar-refractivity contribution in [3.05, 3.63) is 59.9 Å². The first kappa shape index (κ1) is 17.2. The number of rotatable bonds is 5. The van der Waals surface area contributed by atoms with Crippen LogP contribution in [-0.4, -0.2) is 36.8 Å². The van der Waals surface area contributed by atoms with E-state index in [1.54, 1.807) is 25.4 Å². The molecular weight excluding hydrogens is 340 g/mol. The molecule has 0 bridgehead atoms. The number of sulfone groups is 1. The first-order valence-electron chi connectivity index (χ1n) is 7.80. The highest BCUT2D eigenvalue weighted by Gasteiger charge is 2.18. The topological polar surface area (TPSA) is 78.3 Å². The highest BCUT2D eigenvalue weighted by atomic mass is 32.2. The molecule has 0 N–H and O–H groups in total. The van der Waals surface area contributed by atoms with Gasteiger partial charge in [-0.05, 0) is 36.8 Å². The zero-order valence-corrected chi connectivity index (χ0v) is 14.8. The van der Waals surface area contributed by atoms with E-state index in [-0.39, 0.29) is 17.1 Å². The van der Waals surface area contributed by atoms with Gasteiger partial charge in [-0.15, -0.1) is 0 Å². The zero-order chi connectivity index (χ0) is 18.0. The van der Waals surface area contributed by atoms with E-state index in [0.717, 1.165) is 17.3 Å². The van der Waals surface area contributed by atoms with Gasteiger partial charge in [0.05, 0.1) is 41.0 Å². The first-order chi connectivity index (χ1) is 11.9.